The van der Waals surface area contributed by atoms with E-state index in [9.17, 15) is 4.79 Å². The van der Waals surface area contributed by atoms with Crippen molar-refractivity contribution < 1.29 is 19.1 Å². The number of hydrogen-bond acceptors (Lipinski definition) is 4. The third-order valence-corrected chi connectivity index (χ3v) is 2.82. The number of Topliss-reactive ketones (excluding diaryl/α,β-unsaturated/α-hetero) is 1. The van der Waals surface area contributed by atoms with Gasteiger partial charge in [-0.15, -0.1) is 0 Å². The SMILES string of the molecule is COC1C(=O)C(=[N+]=[N-])C(OC)N1c1ccccc1. The first-order chi connectivity index (χ1) is 8.74. The first kappa shape index (κ1) is 12.4. The topological polar surface area (TPSA) is 75.2 Å². The van der Waals surface area contributed by atoms with Gasteiger partial charge in [-0.05, 0) is 12.1 Å². The van der Waals surface area contributed by atoms with Gasteiger partial charge in [0.1, 0.15) is 0 Å². The Bertz CT molecular complexity index is 497. The second-order valence-corrected chi connectivity index (χ2v) is 3.77. The number of ketones is 1. The van der Waals surface area contributed by atoms with Gasteiger partial charge in [0.25, 0.3) is 5.78 Å². The fourth-order valence-electron chi connectivity index (χ4n) is 2.04. The van der Waals surface area contributed by atoms with Crippen LogP contribution >= 0.6 is 0 Å². The highest BCUT2D eigenvalue weighted by Crippen LogP contribution is 2.27. The van der Waals surface area contributed by atoms with Gasteiger partial charge in [-0.2, -0.15) is 4.79 Å². The van der Waals surface area contributed by atoms with Crippen LogP contribution in [0.2, 0.25) is 0 Å². The van der Waals surface area contributed by atoms with Gasteiger partial charge in [-0.25, -0.2) is 0 Å². The number of nitrogens with zero attached hydrogens (tertiary/aromatic N) is 3. The van der Waals surface area contributed by atoms with Gasteiger partial charge in [0.05, 0.1) is 0 Å². The van der Waals surface area contributed by atoms with Crippen LogP contribution in [0.3, 0.4) is 0 Å². The molecule has 2 rings (SSSR count). The van der Waals surface area contributed by atoms with Gasteiger partial charge < -0.3 is 19.9 Å². The molecule has 1 aliphatic rings. The maximum absolute atomic E-state index is 12.0. The lowest BCUT2D eigenvalue weighted by molar-refractivity contribution is -0.124. The van der Waals surface area contributed by atoms with E-state index < -0.39 is 18.2 Å². The molecule has 0 amide bonds. The predicted octanol–water partition coefficient (Wildman–Crippen LogP) is 0.691. The molecule has 1 saturated heterocycles. The molecule has 18 heavy (non-hydrogen) atoms. The van der Waals surface area contributed by atoms with Crippen LogP contribution in [0.25, 0.3) is 5.53 Å². The molecule has 6 nitrogen and oxygen atoms in total. The molecular formula is C12H13N3O3. The van der Waals surface area contributed by atoms with Crippen LogP contribution < -0.4 is 4.90 Å². The van der Waals surface area contributed by atoms with E-state index in [1.54, 1.807) is 4.90 Å². The van der Waals surface area contributed by atoms with E-state index in [0.717, 1.165) is 5.69 Å². The summed E-state index contributed by atoms with van der Waals surface area (Å²) >= 11 is 0. The number of methoxy groups -OCH3 is 2. The maximum atomic E-state index is 12.0. The summed E-state index contributed by atoms with van der Waals surface area (Å²) in [6.45, 7) is 0. The minimum atomic E-state index is -0.844. The molecule has 94 valence electrons. The van der Waals surface area contributed by atoms with Gasteiger partial charge in [0.2, 0.25) is 12.5 Å². The fourth-order valence-corrected chi connectivity index (χ4v) is 2.04. The Morgan fingerprint density at radius 3 is 2.28 bits per heavy atom. The summed E-state index contributed by atoms with van der Waals surface area (Å²) in [4.78, 5) is 16.6. The van der Waals surface area contributed by atoms with Crippen molar-refractivity contribution in [2.75, 3.05) is 19.1 Å². The molecule has 0 spiro atoms. The van der Waals surface area contributed by atoms with Crippen molar-refractivity contribution in [2.24, 2.45) is 0 Å². The minimum absolute atomic E-state index is 0.0618. The van der Waals surface area contributed by atoms with Crippen LogP contribution in [-0.2, 0) is 14.3 Å². The van der Waals surface area contributed by atoms with Crippen molar-refractivity contribution in [3.05, 3.63) is 35.9 Å². The summed E-state index contributed by atoms with van der Waals surface area (Å²) in [6, 6.07) is 9.20. The second kappa shape index (κ2) is 5.10. The lowest BCUT2D eigenvalue weighted by atomic mass is 10.3. The van der Waals surface area contributed by atoms with E-state index in [1.165, 1.54) is 14.2 Å². The summed E-state index contributed by atoms with van der Waals surface area (Å²) in [5.74, 6) is -0.407. The fraction of sp³-hybridized carbons (Fsp3) is 0.333. The number of ether oxygens (including phenoxy) is 2. The minimum Gasteiger partial charge on any atom is -0.361 e. The molecule has 0 N–H and O–H groups in total. The quantitative estimate of drug-likeness (QED) is 0.581. The summed E-state index contributed by atoms with van der Waals surface area (Å²) in [5.41, 5.74) is 9.61. The maximum Gasteiger partial charge on any atom is 0.388 e. The molecule has 1 fully saturated rings. The van der Waals surface area contributed by atoms with Crippen molar-refractivity contribution in [2.45, 2.75) is 12.5 Å². The molecule has 0 bridgehead atoms. The number of benzene rings is 1. The summed E-state index contributed by atoms with van der Waals surface area (Å²) in [6.07, 6.45) is -1.60. The van der Waals surface area contributed by atoms with Crippen molar-refractivity contribution in [3.8, 4) is 0 Å². The number of carbonyl (C=O) groups excluding carboxylic acids is 1. The van der Waals surface area contributed by atoms with E-state index in [4.69, 9.17) is 15.0 Å². The van der Waals surface area contributed by atoms with E-state index in [1.807, 2.05) is 30.3 Å². The molecule has 0 aliphatic carbocycles. The van der Waals surface area contributed by atoms with E-state index in [2.05, 4.69) is 4.79 Å². The molecule has 2 atom stereocenters. The molecule has 0 radical (unpaired) electrons. The van der Waals surface area contributed by atoms with Gasteiger partial charge in [0, 0.05) is 19.9 Å². The monoisotopic (exact) mass is 247 g/mol. The number of carbonyl (C=O) groups is 1. The molecule has 6 heteroatoms. The number of anilines is 1. The molecular weight excluding hydrogens is 234 g/mol. The van der Waals surface area contributed by atoms with Crippen LogP contribution in [0.5, 0.6) is 0 Å². The second-order valence-electron chi connectivity index (χ2n) is 3.77. The zero-order valence-corrected chi connectivity index (χ0v) is 10.1. The number of hydrogen-bond donors (Lipinski definition) is 0. The Hall–Kier alpha value is -2.01. The Balaban J connectivity index is 2.49. The van der Waals surface area contributed by atoms with Crippen LogP contribution in [0.4, 0.5) is 5.69 Å². The van der Waals surface area contributed by atoms with Gasteiger partial charge in [-0.1, -0.05) is 18.2 Å². The predicted molar refractivity (Wildman–Crippen MR) is 64.1 cm³/mol. The lowest BCUT2D eigenvalue weighted by Crippen LogP contribution is -2.40. The Labute approximate surface area is 104 Å². The highest BCUT2D eigenvalue weighted by Gasteiger charge is 2.52. The standard InChI is InChI=1S/C12H13N3O3/c1-17-11-9(14-13)10(16)12(18-2)15(11)8-6-4-3-5-7-8/h3-7,11-12H,1-2H3. The zero-order valence-electron chi connectivity index (χ0n) is 10.1. The van der Waals surface area contributed by atoms with Gasteiger partial charge in [-0.3, -0.25) is 4.79 Å². The first-order valence-corrected chi connectivity index (χ1v) is 5.39. The van der Waals surface area contributed by atoms with Crippen molar-refractivity contribution in [3.63, 3.8) is 0 Å². The molecule has 0 aromatic heterocycles. The van der Waals surface area contributed by atoms with Crippen molar-refractivity contribution in [1.82, 2.24) is 0 Å². The molecule has 1 aromatic rings. The number of rotatable bonds is 3. The molecule has 2 unspecified atom stereocenters. The Morgan fingerprint density at radius 2 is 1.78 bits per heavy atom. The molecule has 0 saturated carbocycles. The third kappa shape index (κ3) is 1.82. The summed E-state index contributed by atoms with van der Waals surface area (Å²) in [7, 11) is 2.86. The molecule has 1 heterocycles. The van der Waals surface area contributed by atoms with E-state index >= 15 is 0 Å². The number of para-hydroxylation sites is 1. The van der Waals surface area contributed by atoms with Crippen LogP contribution in [0.15, 0.2) is 30.3 Å². The van der Waals surface area contributed by atoms with Crippen molar-refractivity contribution >= 4 is 17.2 Å². The van der Waals surface area contributed by atoms with Crippen molar-refractivity contribution in [1.29, 1.82) is 0 Å². The van der Waals surface area contributed by atoms with Gasteiger partial charge in [0.15, 0.2) is 0 Å². The molecule has 1 aliphatic heterocycles. The Kier molecular flexibility index (Phi) is 3.53. The normalized spacial score (nSPS) is 23.3. The van der Waals surface area contributed by atoms with E-state index in [0.29, 0.717) is 0 Å². The first-order valence-electron chi connectivity index (χ1n) is 5.39. The average molecular weight is 247 g/mol. The zero-order chi connectivity index (χ0) is 13.1. The summed E-state index contributed by atoms with van der Waals surface area (Å²) < 4.78 is 10.4. The summed E-state index contributed by atoms with van der Waals surface area (Å²) in [5, 5.41) is 0. The Morgan fingerprint density at radius 1 is 1.17 bits per heavy atom. The third-order valence-electron chi connectivity index (χ3n) is 2.82. The van der Waals surface area contributed by atoms with Crippen LogP contribution in [-0.4, -0.2) is 43.0 Å². The van der Waals surface area contributed by atoms with Crippen LogP contribution in [0.1, 0.15) is 0 Å². The van der Waals surface area contributed by atoms with Crippen LogP contribution in [0, 0.1) is 0 Å². The highest BCUT2D eigenvalue weighted by molar-refractivity contribution is 6.44. The van der Waals surface area contributed by atoms with E-state index in [-0.39, 0.29) is 5.71 Å². The van der Waals surface area contributed by atoms with Gasteiger partial charge >= 0.3 is 5.71 Å². The lowest BCUT2D eigenvalue weighted by Gasteiger charge is -2.26. The molecule has 1 aromatic carbocycles. The smallest absolute Gasteiger partial charge is 0.361 e. The highest BCUT2D eigenvalue weighted by atomic mass is 16.5. The average Bonchev–Trinajstić information content (AvgIpc) is 2.70. The largest absolute Gasteiger partial charge is 0.388 e.